The van der Waals surface area contributed by atoms with Crippen LogP contribution in [0.2, 0.25) is 15.1 Å². The normalized spacial score (nSPS) is 11.8. The van der Waals surface area contributed by atoms with Crippen LogP contribution in [0.5, 0.6) is 0 Å². The van der Waals surface area contributed by atoms with Crippen molar-refractivity contribution in [3.63, 3.8) is 0 Å². The van der Waals surface area contributed by atoms with Crippen LogP contribution in [-0.4, -0.2) is 20.0 Å². The lowest BCUT2D eigenvalue weighted by molar-refractivity contribution is 0.398. The molecule has 0 atom stereocenters. The second kappa shape index (κ2) is 7.73. The average Bonchev–Trinajstić information content (AvgIpc) is 3.28. The maximum atomic E-state index is 6.50. The number of hydrogen-bond donors (Lipinski definition) is 0. The molecule has 4 rings (SSSR count). The minimum absolute atomic E-state index is 0.271. The van der Waals surface area contributed by atoms with Gasteiger partial charge in [0.1, 0.15) is 5.69 Å². The molecule has 2 aromatic carbocycles. The molecule has 8 heteroatoms. The van der Waals surface area contributed by atoms with E-state index in [0.29, 0.717) is 38.2 Å². The first kappa shape index (κ1) is 20.9. The molecule has 0 spiro atoms. The molecule has 0 aliphatic heterocycles. The quantitative estimate of drug-likeness (QED) is 0.325. The molecule has 2 heterocycles. The molecule has 0 saturated carbocycles. The Hall–Kier alpha value is -2.34. The van der Waals surface area contributed by atoms with Crippen molar-refractivity contribution in [3.05, 3.63) is 69.0 Å². The second-order valence-electron chi connectivity index (χ2n) is 7.97. The van der Waals surface area contributed by atoms with Gasteiger partial charge in [-0.15, -0.1) is 10.2 Å². The van der Waals surface area contributed by atoms with Gasteiger partial charge in [0.15, 0.2) is 5.69 Å². The highest BCUT2D eigenvalue weighted by Gasteiger charge is 2.27. The highest BCUT2D eigenvalue weighted by Crippen LogP contribution is 2.38. The van der Waals surface area contributed by atoms with Gasteiger partial charge in [-0.05, 0) is 31.2 Å². The monoisotopic (exact) mass is 460 g/mol. The van der Waals surface area contributed by atoms with Gasteiger partial charge in [0.25, 0.3) is 5.89 Å². The summed E-state index contributed by atoms with van der Waals surface area (Å²) in [7, 11) is 0. The van der Waals surface area contributed by atoms with Crippen molar-refractivity contribution in [1.29, 1.82) is 0 Å². The molecule has 0 radical (unpaired) electrons. The molecule has 0 aliphatic carbocycles. The van der Waals surface area contributed by atoms with E-state index in [1.807, 2.05) is 52.0 Å². The van der Waals surface area contributed by atoms with Crippen LogP contribution in [0, 0.1) is 6.92 Å². The summed E-state index contributed by atoms with van der Waals surface area (Å²) in [5, 5.41) is 14.8. The predicted molar refractivity (Wildman–Crippen MR) is 121 cm³/mol. The van der Waals surface area contributed by atoms with Gasteiger partial charge in [0.05, 0.1) is 15.7 Å². The van der Waals surface area contributed by atoms with Crippen molar-refractivity contribution >= 4 is 34.8 Å². The van der Waals surface area contributed by atoms with E-state index in [9.17, 15) is 0 Å². The first-order chi connectivity index (χ1) is 14.2. The minimum Gasteiger partial charge on any atom is -0.419 e. The molecule has 0 N–H and O–H groups in total. The number of nitrogens with zero attached hydrogens (tertiary/aromatic N) is 4. The molecule has 0 bridgehead atoms. The zero-order valence-corrected chi connectivity index (χ0v) is 19.1. The molecule has 30 heavy (non-hydrogen) atoms. The summed E-state index contributed by atoms with van der Waals surface area (Å²) in [6.45, 7) is 7.99. The van der Waals surface area contributed by atoms with Crippen molar-refractivity contribution in [2.45, 2.75) is 33.1 Å². The number of hydrogen-bond acceptors (Lipinski definition) is 4. The Morgan fingerprint density at radius 1 is 0.900 bits per heavy atom. The summed E-state index contributed by atoms with van der Waals surface area (Å²) in [6.07, 6.45) is 0. The Kier molecular flexibility index (Phi) is 5.39. The molecule has 5 nitrogen and oxygen atoms in total. The van der Waals surface area contributed by atoms with Gasteiger partial charge in [0.2, 0.25) is 5.89 Å². The Morgan fingerprint density at radius 3 is 2.10 bits per heavy atom. The van der Waals surface area contributed by atoms with Crippen molar-refractivity contribution < 1.29 is 4.42 Å². The molecule has 0 fully saturated rings. The first-order valence-electron chi connectivity index (χ1n) is 9.31. The van der Waals surface area contributed by atoms with E-state index in [2.05, 4.69) is 10.2 Å². The topological polar surface area (TPSA) is 56.7 Å². The van der Waals surface area contributed by atoms with Crippen LogP contribution in [-0.2, 0) is 5.41 Å². The van der Waals surface area contributed by atoms with Crippen LogP contribution in [0.4, 0.5) is 0 Å². The molecule has 0 aliphatic rings. The Labute approximate surface area is 189 Å². The van der Waals surface area contributed by atoms with Gasteiger partial charge in [0, 0.05) is 21.6 Å². The fourth-order valence-electron chi connectivity index (χ4n) is 3.12. The van der Waals surface area contributed by atoms with Crippen molar-refractivity contribution in [3.8, 4) is 28.5 Å². The van der Waals surface area contributed by atoms with E-state index in [1.165, 1.54) is 0 Å². The molecule has 2 aromatic heterocycles. The van der Waals surface area contributed by atoms with Gasteiger partial charge >= 0.3 is 0 Å². The van der Waals surface area contributed by atoms with E-state index in [1.54, 1.807) is 22.9 Å². The fourth-order valence-corrected chi connectivity index (χ4v) is 3.80. The number of benzene rings is 2. The van der Waals surface area contributed by atoms with Crippen LogP contribution in [0.1, 0.15) is 32.2 Å². The largest absolute Gasteiger partial charge is 0.419 e. The zero-order chi connectivity index (χ0) is 21.6. The van der Waals surface area contributed by atoms with Crippen LogP contribution in [0.3, 0.4) is 0 Å². The summed E-state index contributed by atoms with van der Waals surface area (Å²) in [5.41, 5.74) is 3.45. The highest BCUT2D eigenvalue weighted by molar-refractivity contribution is 6.37. The molecule has 0 saturated heterocycles. The fraction of sp³-hybridized carbons (Fsp3) is 0.227. The van der Waals surface area contributed by atoms with Crippen molar-refractivity contribution in [2.75, 3.05) is 0 Å². The first-order valence-corrected chi connectivity index (χ1v) is 10.4. The molecule has 4 aromatic rings. The SMILES string of the molecule is Cc1c(-c2nnc(C(C)(C)C)o2)nn(-c2c(Cl)cccc2Cl)c1-c1ccc(Cl)cc1. The van der Waals surface area contributed by atoms with E-state index in [-0.39, 0.29) is 5.41 Å². The van der Waals surface area contributed by atoms with E-state index in [4.69, 9.17) is 44.3 Å². The number of rotatable bonds is 3. The second-order valence-corrected chi connectivity index (χ2v) is 9.22. The summed E-state index contributed by atoms with van der Waals surface area (Å²) < 4.78 is 7.67. The standard InChI is InChI=1S/C22H19Cl3N4O/c1-12-17(20-26-27-21(30-20)22(2,3)4)28-29(19-15(24)6-5-7-16(19)25)18(12)13-8-10-14(23)11-9-13/h5-11H,1-4H3. The maximum Gasteiger partial charge on any atom is 0.268 e. The lowest BCUT2D eigenvalue weighted by Gasteiger charge is -2.12. The van der Waals surface area contributed by atoms with E-state index in [0.717, 1.165) is 16.8 Å². The van der Waals surface area contributed by atoms with Crippen LogP contribution in [0.25, 0.3) is 28.5 Å². The summed E-state index contributed by atoms with van der Waals surface area (Å²) in [6, 6.07) is 12.8. The van der Waals surface area contributed by atoms with Gasteiger partial charge in [-0.25, -0.2) is 4.68 Å². The van der Waals surface area contributed by atoms with Gasteiger partial charge < -0.3 is 4.42 Å². The third-order valence-corrected chi connectivity index (χ3v) is 5.52. The Balaban J connectivity index is 1.99. The highest BCUT2D eigenvalue weighted by atomic mass is 35.5. The molecule has 0 unspecified atom stereocenters. The summed E-state index contributed by atoms with van der Waals surface area (Å²) in [4.78, 5) is 0. The predicted octanol–water partition coefficient (Wildman–Crippen LogP) is 7.16. The number of para-hydroxylation sites is 1. The molecular weight excluding hydrogens is 443 g/mol. The van der Waals surface area contributed by atoms with E-state index >= 15 is 0 Å². The third kappa shape index (κ3) is 3.73. The summed E-state index contributed by atoms with van der Waals surface area (Å²) in [5.74, 6) is 0.879. The van der Waals surface area contributed by atoms with E-state index < -0.39 is 0 Å². The minimum atomic E-state index is -0.271. The molecule has 0 amide bonds. The smallest absolute Gasteiger partial charge is 0.268 e. The molecular formula is C22H19Cl3N4O. The van der Waals surface area contributed by atoms with Gasteiger partial charge in [-0.1, -0.05) is 73.8 Å². The van der Waals surface area contributed by atoms with Gasteiger partial charge in [-0.2, -0.15) is 5.10 Å². The maximum absolute atomic E-state index is 6.50. The number of halogens is 3. The van der Waals surface area contributed by atoms with Crippen molar-refractivity contribution in [1.82, 2.24) is 20.0 Å². The third-order valence-electron chi connectivity index (χ3n) is 4.66. The zero-order valence-electron chi connectivity index (χ0n) is 16.9. The summed E-state index contributed by atoms with van der Waals surface area (Å²) >= 11 is 19.1. The van der Waals surface area contributed by atoms with Crippen LogP contribution >= 0.6 is 34.8 Å². The van der Waals surface area contributed by atoms with Crippen LogP contribution < -0.4 is 0 Å². The Bertz CT molecular complexity index is 1200. The van der Waals surface area contributed by atoms with Crippen LogP contribution in [0.15, 0.2) is 46.9 Å². The lowest BCUT2D eigenvalue weighted by atomic mass is 9.97. The molecule has 154 valence electrons. The Morgan fingerprint density at radius 2 is 1.53 bits per heavy atom. The van der Waals surface area contributed by atoms with Gasteiger partial charge in [-0.3, -0.25) is 0 Å². The average molecular weight is 462 g/mol. The van der Waals surface area contributed by atoms with Crippen molar-refractivity contribution in [2.24, 2.45) is 0 Å². The lowest BCUT2D eigenvalue weighted by Crippen LogP contribution is -2.11. The number of aromatic nitrogens is 4.